The number of rotatable bonds is 3. The lowest BCUT2D eigenvalue weighted by atomic mass is 9.90. The summed E-state index contributed by atoms with van der Waals surface area (Å²) in [5.41, 5.74) is 8.75. The maximum Gasteiger partial charge on any atom is 0.0518 e. The van der Waals surface area contributed by atoms with Gasteiger partial charge < -0.3 is 5.73 Å². The van der Waals surface area contributed by atoms with Crippen LogP contribution in [-0.4, -0.2) is 0 Å². The van der Waals surface area contributed by atoms with Crippen LogP contribution in [0.5, 0.6) is 0 Å². The average molecular weight is 231 g/mol. The van der Waals surface area contributed by atoms with Gasteiger partial charge in [0.05, 0.1) is 5.54 Å². The Labute approximate surface area is 101 Å². The van der Waals surface area contributed by atoms with E-state index in [9.17, 15) is 0 Å². The highest BCUT2D eigenvalue weighted by Gasteiger charge is 2.24. The van der Waals surface area contributed by atoms with Gasteiger partial charge in [-0.25, -0.2) is 0 Å². The van der Waals surface area contributed by atoms with Gasteiger partial charge >= 0.3 is 0 Å². The molecule has 0 spiro atoms. The largest absolute Gasteiger partial charge is 0.321 e. The van der Waals surface area contributed by atoms with E-state index < -0.39 is 0 Å². The standard InChI is InChI=1S/C14H17NS/c1-11-8-9-16-13(11)14(2,15)10-12-6-4-3-5-7-12/h3-9H,10,15H2,1-2H3. The van der Waals surface area contributed by atoms with E-state index in [0.29, 0.717) is 0 Å². The van der Waals surface area contributed by atoms with Crippen molar-refractivity contribution in [3.63, 3.8) is 0 Å². The monoisotopic (exact) mass is 231 g/mol. The van der Waals surface area contributed by atoms with Crippen molar-refractivity contribution < 1.29 is 0 Å². The third-order valence-corrected chi connectivity index (χ3v) is 4.09. The van der Waals surface area contributed by atoms with Crippen LogP contribution in [0.25, 0.3) is 0 Å². The zero-order valence-electron chi connectivity index (χ0n) is 9.73. The van der Waals surface area contributed by atoms with Crippen molar-refractivity contribution in [3.05, 3.63) is 57.8 Å². The van der Waals surface area contributed by atoms with Gasteiger partial charge in [-0.15, -0.1) is 11.3 Å². The third kappa shape index (κ3) is 2.34. The number of hydrogen-bond donors (Lipinski definition) is 1. The highest BCUT2D eigenvalue weighted by Crippen LogP contribution is 2.29. The molecule has 0 amide bonds. The average Bonchev–Trinajstić information content (AvgIpc) is 2.66. The van der Waals surface area contributed by atoms with Crippen molar-refractivity contribution >= 4 is 11.3 Å². The number of hydrogen-bond acceptors (Lipinski definition) is 2. The molecule has 1 aromatic heterocycles. The lowest BCUT2D eigenvalue weighted by molar-refractivity contribution is 0.499. The molecule has 84 valence electrons. The smallest absolute Gasteiger partial charge is 0.0518 e. The Morgan fingerprint density at radius 3 is 2.44 bits per heavy atom. The van der Waals surface area contributed by atoms with Gasteiger partial charge in [0, 0.05) is 4.88 Å². The molecular formula is C14H17NS. The van der Waals surface area contributed by atoms with Crippen molar-refractivity contribution in [2.45, 2.75) is 25.8 Å². The Balaban J connectivity index is 2.24. The Kier molecular flexibility index (Phi) is 3.13. The second-order valence-corrected chi connectivity index (χ2v) is 5.43. The zero-order valence-corrected chi connectivity index (χ0v) is 10.6. The van der Waals surface area contributed by atoms with Crippen LogP contribution in [0.4, 0.5) is 0 Å². The van der Waals surface area contributed by atoms with E-state index in [1.54, 1.807) is 11.3 Å². The highest BCUT2D eigenvalue weighted by atomic mass is 32.1. The Hall–Kier alpha value is -1.12. The minimum Gasteiger partial charge on any atom is -0.321 e. The molecule has 1 heterocycles. The Bertz CT molecular complexity index is 457. The van der Waals surface area contributed by atoms with Gasteiger partial charge in [-0.3, -0.25) is 0 Å². The summed E-state index contributed by atoms with van der Waals surface area (Å²) in [6.45, 7) is 4.24. The van der Waals surface area contributed by atoms with Crippen LogP contribution in [0.2, 0.25) is 0 Å². The predicted molar refractivity (Wildman–Crippen MR) is 70.7 cm³/mol. The fraction of sp³-hybridized carbons (Fsp3) is 0.286. The molecule has 2 aromatic rings. The van der Waals surface area contributed by atoms with Crippen molar-refractivity contribution in [1.82, 2.24) is 0 Å². The number of nitrogens with two attached hydrogens (primary N) is 1. The second kappa shape index (κ2) is 4.40. The molecule has 0 fully saturated rings. The van der Waals surface area contributed by atoms with Crippen LogP contribution < -0.4 is 5.73 Å². The van der Waals surface area contributed by atoms with Gasteiger partial charge in [0.2, 0.25) is 0 Å². The first-order chi connectivity index (χ1) is 7.59. The SMILES string of the molecule is Cc1ccsc1C(C)(N)Cc1ccccc1. The van der Waals surface area contributed by atoms with Gasteiger partial charge in [0.15, 0.2) is 0 Å². The molecule has 0 saturated carbocycles. The van der Waals surface area contributed by atoms with Crippen LogP contribution in [0.15, 0.2) is 41.8 Å². The van der Waals surface area contributed by atoms with Crippen molar-refractivity contribution in [1.29, 1.82) is 0 Å². The fourth-order valence-electron chi connectivity index (χ4n) is 2.06. The first-order valence-electron chi connectivity index (χ1n) is 5.47. The van der Waals surface area contributed by atoms with E-state index in [0.717, 1.165) is 6.42 Å². The fourth-order valence-corrected chi connectivity index (χ4v) is 3.06. The van der Waals surface area contributed by atoms with Crippen LogP contribution in [0.3, 0.4) is 0 Å². The van der Waals surface area contributed by atoms with Crippen LogP contribution in [-0.2, 0) is 12.0 Å². The summed E-state index contributed by atoms with van der Waals surface area (Å²) in [6, 6.07) is 12.6. The van der Waals surface area contributed by atoms with Gasteiger partial charge in [0.25, 0.3) is 0 Å². The third-order valence-electron chi connectivity index (χ3n) is 2.79. The second-order valence-electron chi connectivity index (χ2n) is 4.51. The highest BCUT2D eigenvalue weighted by molar-refractivity contribution is 7.10. The number of aryl methyl sites for hydroxylation is 1. The summed E-state index contributed by atoms with van der Waals surface area (Å²) in [4.78, 5) is 1.29. The summed E-state index contributed by atoms with van der Waals surface area (Å²) < 4.78 is 0. The van der Waals surface area contributed by atoms with E-state index in [1.165, 1.54) is 16.0 Å². The summed E-state index contributed by atoms with van der Waals surface area (Å²) in [5.74, 6) is 0. The minimum absolute atomic E-state index is 0.264. The molecular weight excluding hydrogens is 214 g/mol. The maximum absolute atomic E-state index is 6.43. The molecule has 0 bridgehead atoms. The first-order valence-corrected chi connectivity index (χ1v) is 6.35. The molecule has 1 unspecified atom stereocenters. The topological polar surface area (TPSA) is 26.0 Å². The summed E-state index contributed by atoms with van der Waals surface area (Å²) >= 11 is 1.75. The lowest BCUT2D eigenvalue weighted by Gasteiger charge is -2.24. The molecule has 0 aliphatic heterocycles. The maximum atomic E-state index is 6.43. The molecule has 0 radical (unpaired) electrons. The molecule has 2 heteroatoms. The molecule has 1 aromatic carbocycles. The van der Waals surface area contributed by atoms with Crippen LogP contribution >= 0.6 is 11.3 Å². The van der Waals surface area contributed by atoms with E-state index >= 15 is 0 Å². The van der Waals surface area contributed by atoms with Gasteiger partial charge in [0.1, 0.15) is 0 Å². The van der Waals surface area contributed by atoms with E-state index in [4.69, 9.17) is 5.73 Å². The van der Waals surface area contributed by atoms with Crippen LogP contribution in [0.1, 0.15) is 22.9 Å². The van der Waals surface area contributed by atoms with Gasteiger partial charge in [-0.1, -0.05) is 30.3 Å². The molecule has 16 heavy (non-hydrogen) atoms. The van der Waals surface area contributed by atoms with E-state index in [2.05, 4.69) is 49.6 Å². The predicted octanol–water partition coefficient (Wildman–Crippen LogP) is 3.47. The summed E-state index contributed by atoms with van der Waals surface area (Å²) in [7, 11) is 0. The lowest BCUT2D eigenvalue weighted by Crippen LogP contribution is -2.35. The molecule has 0 aliphatic carbocycles. The van der Waals surface area contributed by atoms with Crippen LogP contribution in [0, 0.1) is 6.92 Å². The Morgan fingerprint density at radius 1 is 1.19 bits per heavy atom. The molecule has 2 N–H and O–H groups in total. The Morgan fingerprint density at radius 2 is 1.88 bits per heavy atom. The van der Waals surface area contributed by atoms with E-state index in [1.807, 2.05) is 6.07 Å². The first kappa shape index (κ1) is 11.4. The van der Waals surface area contributed by atoms with Crippen molar-refractivity contribution in [2.24, 2.45) is 5.73 Å². The molecule has 2 rings (SSSR count). The van der Waals surface area contributed by atoms with Gasteiger partial charge in [-0.2, -0.15) is 0 Å². The van der Waals surface area contributed by atoms with Gasteiger partial charge in [-0.05, 0) is 42.8 Å². The molecule has 0 aliphatic rings. The van der Waals surface area contributed by atoms with Crippen molar-refractivity contribution in [2.75, 3.05) is 0 Å². The number of thiophene rings is 1. The number of benzene rings is 1. The minimum atomic E-state index is -0.264. The summed E-state index contributed by atoms with van der Waals surface area (Å²) in [5, 5.41) is 2.11. The van der Waals surface area contributed by atoms with Crippen molar-refractivity contribution in [3.8, 4) is 0 Å². The molecule has 1 atom stereocenters. The van der Waals surface area contributed by atoms with E-state index in [-0.39, 0.29) is 5.54 Å². The quantitative estimate of drug-likeness (QED) is 0.860. The summed E-state index contributed by atoms with van der Waals surface area (Å²) in [6.07, 6.45) is 0.884. The zero-order chi connectivity index (χ0) is 11.6. The molecule has 1 nitrogen and oxygen atoms in total. The normalized spacial score (nSPS) is 14.7. The molecule has 0 saturated heterocycles.